The molecule has 0 radical (unpaired) electrons. The highest BCUT2D eigenvalue weighted by Gasteiger charge is 2.17. The minimum atomic E-state index is -0.346. The van der Waals surface area contributed by atoms with E-state index >= 15 is 0 Å². The number of benzene rings is 1. The van der Waals surface area contributed by atoms with Crippen LogP contribution in [0, 0.1) is 12.7 Å². The molecule has 0 aliphatic carbocycles. The highest BCUT2D eigenvalue weighted by Crippen LogP contribution is 2.14. The number of amides is 1. The summed E-state index contributed by atoms with van der Waals surface area (Å²) in [5.41, 5.74) is 1.27. The number of morpholine rings is 1. The third-order valence-electron chi connectivity index (χ3n) is 2.74. The lowest BCUT2D eigenvalue weighted by molar-refractivity contribution is -0.119. The minimum Gasteiger partial charge on any atom is -0.375 e. The smallest absolute Gasteiger partial charge is 0.227 e. The zero-order valence-corrected chi connectivity index (χ0v) is 10.3. The van der Waals surface area contributed by atoms with Gasteiger partial charge < -0.3 is 15.4 Å². The van der Waals surface area contributed by atoms with E-state index in [0.29, 0.717) is 18.8 Å². The minimum absolute atomic E-state index is 0.103. The van der Waals surface area contributed by atoms with Crippen LogP contribution in [0.5, 0.6) is 0 Å². The summed E-state index contributed by atoms with van der Waals surface area (Å²) in [4.78, 5) is 11.8. The Morgan fingerprint density at radius 1 is 1.56 bits per heavy atom. The van der Waals surface area contributed by atoms with Crippen LogP contribution in [0.3, 0.4) is 0 Å². The van der Waals surface area contributed by atoms with Crippen LogP contribution >= 0.6 is 0 Å². The van der Waals surface area contributed by atoms with E-state index in [1.807, 2.05) is 0 Å². The van der Waals surface area contributed by atoms with Crippen molar-refractivity contribution >= 4 is 11.6 Å². The highest BCUT2D eigenvalue weighted by molar-refractivity contribution is 5.91. The normalized spacial score (nSPS) is 19.6. The number of carbonyl (C=O) groups excluding carboxylic acids is 1. The van der Waals surface area contributed by atoms with E-state index in [2.05, 4.69) is 10.6 Å². The Morgan fingerprint density at radius 3 is 3.06 bits per heavy atom. The van der Waals surface area contributed by atoms with Crippen molar-refractivity contribution in [2.24, 2.45) is 0 Å². The van der Waals surface area contributed by atoms with Gasteiger partial charge in [0.1, 0.15) is 5.82 Å². The molecule has 1 fully saturated rings. The molecule has 0 saturated carbocycles. The molecule has 1 atom stereocenters. The molecule has 1 aliphatic rings. The fraction of sp³-hybridized carbons (Fsp3) is 0.462. The van der Waals surface area contributed by atoms with Crippen molar-refractivity contribution < 1.29 is 13.9 Å². The zero-order chi connectivity index (χ0) is 13.0. The lowest BCUT2D eigenvalue weighted by Gasteiger charge is -2.23. The molecule has 5 heteroatoms. The maximum Gasteiger partial charge on any atom is 0.227 e. The molecule has 1 unspecified atom stereocenters. The number of carbonyl (C=O) groups is 1. The Bertz CT molecular complexity index is 411. The van der Waals surface area contributed by atoms with Gasteiger partial charge in [-0.05, 0) is 30.7 Å². The van der Waals surface area contributed by atoms with Gasteiger partial charge in [0, 0.05) is 18.8 Å². The molecular formula is C13H17FN2O2. The highest BCUT2D eigenvalue weighted by atomic mass is 19.1. The number of ether oxygens (including phenoxy) is 1. The van der Waals surface area contributed by atoms with E-state index in [4.69, 9.17) is 4.74 Å². The van der Waals surface area contributed by atoms with Crippen LogP contribution in [0.15, 0.2) is 18.2 Å². The van der Waals surface area contributed by atoms with Gasteiger partial charge in [0.2, 0.25) is 5.91 Å². The Kier molecular flexibility index (Phi) is 4.28. The van der Waals surface area contributed by atoms with Crippen LogP contribution in [0.4, 0.5) is 10.1 Å². The van der Waals surface area contributed by atoms with Gasteiger partial charge in [-0.25, -0.2) is 4.39 Å². The van der Waals surface area contributed by atoms with Crippen LogP contribution in [0.1, 0.15) is 12.0 Å². The molecule has 0 bridgehead atoms. The fourth-order valence-electron chi connectivity index (χ4n) is 1.98. The SMILES string of the molecule is Cc1cc(F)cc(NC(=O)CC2CNCCO2)c1. The Hall–Kier alpha value is -1.46. The average molecular weight is 252 g/mol. The van der Waals surface area contributed by atoms with Crippen LogP contribution in [-0.4, -0.2) is 31.7 Å². The van der Waals surface area contributed by atoms with Crippen molar-refractivity contribution in [3.05, 3.63) is 29.6 Å². The van der Waals surface area contributed by atoms with E-state index in [9.17, 15) is 9.18 Å². The summed E-state index contributed by atoms with van der Waals surface area (Å²) >= 11 is 0. The zero-order valence-electron chi connectivity index (χ0n) is 10.3. The number of anilines is 1. The molecular weight excluding hydrogens is 235 g/mol. The van der Waals surface area contributed by atoms with E-state index in [1.165, 1.54) is 12.1 Å². The molecule has 0 aromatic heterocycles. The monoisotopic (exact) mass is 252 g/mol. The molecule has 4 nitrogen and oxygen atoms in total. The second-order valence-electron chi connectivity index (χ2n) is 4.47. The molecule has 0 spiro atoms. The lowest BCUT2D eigenvalue weighted by Crippen LogP contribution is -2.40. The first kappa shape index (κ1) is 13.0. The van der Waals surface area contributed by atoms with Crippen molar-refractivity contribution in [1.29, 1.82) is 0 Å². The topological polar surface area (TPSA) is 50.4 Å². The van der Waals surface area contributed by atoms with Crippen molar-refractivity contribution in [1.82, 2.24) is 5.32 Å². The molecule has 1 heterocycles. The summed E-state index contributed by atoms with van der Waals surface area (Å²) in [5, 5.41) is 5.84. The summed E-state index contributed by atoms with van der Waals surface area (Å²) in [7, 11) is 0. The maximum absolute atomic E-state index is 13.2. The van der Waals surface area contributed by atoms with Crippen molar-refractivity contribution in [3.8, 4) is 0 Å². The number of halogens is 1. The van der Waals surface area contributed by atoms with Gasteiger partial charge in [0.05, 0.1) is 19.1 Å². The van der Waals surface area contributed by atoms with E-state index in [-0.39, 0.29) is 24.2 Å². The largest absolute Gasteiger partial charge is 0.375 e. The predicted octanol–water partition coefficient (Wildman–Crippen LogP) is 1.45. The number of aryl methyl sites for hydroxylation is 1. The summed E-state index contributed by atoms with van der Waals surface area (Å²) in [6.07, 6.45) is 0.177. The van der Waals surface area contributed by atoms with Gasteiger partial charge >= 0.3 is 0 Å². The van der Waals surface area contributed by atoms with Gasteiger partial charge in [-0.3, -0.25) is 4.79 Å². The standard InChI is InChI=1S/C13H17FN2O2/c1-9-4-10(14)6-11(5-9)16-13(17)7-12-8-15-2-3-18-12/h4-6,12,15H,2-3,7-8H2,1H3,(H,16,17). The number of rotatable bonds is 3. The molecule has 1 amide bonds. The summed E-state index contributed by atoms with van der Waals surface area (Å²) < 4.78 is 18.6. The lowest BCUT2D eigenvalue weighted by atomic mass is 10.2. The van der Waals surface area contributed by atoms with E-state index in [1.54, 1.807) is 13.0 Å². The first-order chi connectivity index (χ1) is 8.63. The molecule has 2 rings (SSSR count). The van der Waals surface area contributed by atoms with Crippen LogP contribution in [-0.2, 0) is 9.53 Å². The molecule has 18 heavy (non-hydrogen) atoms. The van der Waals surface area contributed by atoms with Gasteiger partial charge in [0.15, 0.2) is 0 Å². The molecule has 1 aliphatic heterocycles. The summed E-state index contributed by atoms with van der Waals surface area (Å²) in [6, 6.07) is 4.47. The Labute approximate surface area is 106 Å². The van der Waals surface area contributed by atoms with Crippen molar-refractivity contribution in [2.75, 3.05) is 25.0 Å². The first-order valence-electron chi connectivity index (χ1n) is 6.03. The van der Waals surface area contributed by atoms with Crippen molar-refractivity contribution in [2.45, 2.75) is 19.4 Å². The maximum atomic E-state index is 13.2. The number of hydrogen-bond acceptors (Lipinski definition) is 3. The van der Waals surface area contributed by atoms with E-state index in [0.717, 1.165) is 12.1 Å². The Morgan fingerprint density at radius 2 is 2.39 bits per heavy atom. The van der Waals surface area contributed by atoms with Crippen molar-refractivity contribution in [3.63, 3.8) is 0 Å². The average Bonchev–Trinajstić information content (AvgIpc) is 2.28. The van der Waals surface area contributed by atoms with Crippen LogP contribution in [0.2, 0.25) is 0 Å². The van der Waals surface area contributed by atoms with Crippen LogP contribution in [0.25, 0.3) is 0 Å². The van der Waals surface area contributed by atoms with Gasteiger partial charge in [-0.15, -0.1) is 0 Å². The molecule has 2 N–H and O–H groups in total. The van der Waals surface area contributed by atoms with Gasteiger partial charge in [0.25, 0.3) is 0 Å². The molecule has 1 saturated heterocycles. The first-order valence-corrected chi connectivity index (χ1v) is 6.03. The third-order valence-corrected chi connectivity index (χ3v) is 2.74. The van der Waals surface area contributed by atoms with E-state index < -0.39 is 0 Å². The summed E-state index contributed by atoms with van der Waals surface area (Å²) in [6.45, 7) is 3.90. The quantitative estimate of drug-likeness (QED) is 0.856. The van der Waals surface area contributed by atoms with Crippen LogP contribution < -0.4 is 10.6 Å². The molecule has 98 valence electrons. The predicted molar refractivity (Wildman–Crippen MR) is 67.0 cm³/mol. The second kappa shape index (κ2) is 5.93. The fourth-order valence-corrected chi connectivity index (χ4v) is 1.98. The molecule has 1 aromatic rings. The number of nitrogens with one attached hydrogen (secondary N) is 2. The molecule has 1 aromatic carbocycles. The third kappa shape index (κ3) is 3.78. The van der Waals surface area contributed by atoms with Gasteiger partial charge in [-0.1, -0.05) is 0 Å². The summed E-state index contributed by atoms with van der Waals surface area (Å²) in [5.74, 6) is -0.505. The van der Waals surface area contributed by atoms with Gasteiger partial charge in [-0.2, -0.15) is 0 Å². The Balaban J connectivity index is 1.89. The second-order valence-corrected chi connectivity index (χ2v) is 4.47. The number of hydrogen-bond donors (Lipinski definition) is 2.